The van der Waals surface area contributed by atoms with Crippen LogP contribution in [0.2, 0.25) is 0 Å². The van der Waals surface area contributed by atoms with Crippen LogP contribution in [0.4, 0.5) is 0 Å². The Morgan fingerprint density at radius 3 is 2.81 bits per heavy atom. The summed E-state index contributed by atoms with van der Waals surface area (Å²) in [6.45, 7) is 3.72. The number of ketones is 1. The summed E-state index contributed by atoms with van der Waals surface area (Å²) < 4.78 is 10.4. The van der Waals surface area contributed by atoms with E-state index in [1.165, 1.54) is 0 Å². The molecule has 5 heteroatoms. The van der Waals surface area contributed by atoms with Crippen molar-refractivity contribution in [2.75, 3.05) is 7.11 Å². The van der Waals surface area contributed by atoms with E-state index in [0.717, 1.165) is 12.8 Å². The quantitative estimate of drug-likeness (QED) is 0.783. The summed E-state index contributed by atoms with van der Waals surface area (Å²) in [5, 5.41) is 3.87. The number of hydrogen-bond acceptors (Lipinski definition) is 5. The van der Waals surface area contributed by atoms with Crippen molar-refractivity contribution in [2.45, 2.75) is 44.6 Å². The van der Waals surface area contributed by atoms with Gasteiger partial charge in [-0.2, -0.15) is 4.98 Å². The SMILES string of the molecule is COC(C)(C)c1noc(C2CCCC2=O)n1. The van der Waals surface area contributed by atoms with Gasteiger partial charge in [0.25, 0.3) is 0 Å². The maximum atomic E-state index is 11.5. The molecule has 0 saturated heterocycles. The van der Waals surface area contributed by atoms with Gasteiger partial charge in [-0.05, 0) is 26.7 Å². The van der Waals surface area contributed by atoms with Gasteiger partial charge in [0.2, 0.25) is 11.7 Å². The molecule has 0 radical (unpaired) electrons. The maximum Gasteiger partial charge on any atom is 0.237 e. The standard InChI is InChI=1S/C11H16N2O3/c1-11(2,15-3)10-12-9(16-13-10)7-5-4-6-8(7)14/h7H,4-6H2,1-3H3. The van der Waals surface area contributed by atoms with E-state index in [9.17, 15) is 4.79 Å². The molecule has 0 amide bonds. The molecule has 0 spiro atoms. The second kappa shape index (κ2) is 3.97. The third kappa shape index (κ3) is 1.87. The lowest BCUT2D eigenvalue weighted by atomic mass is 10.1. The number of Topliss-reactive ketones (excluding diaryl/α,β-unsaturated/α-hetero) is 1. The Balaban J connectivity index is 2.22. The van der Waals surface area contributed by atoms with Gasteiger partial charge in [0.1, 0.15) is 11.4 Å². The highest BCUT2D eigenvalue weighted by molar-refractivity contribution is 5.86. The van der Waals surface area contributed by atoms with Crippen molar-refractivity contribution < 1.29 is 14.1 Å². The Hall–Kier alpha value is -1.23. The van der Waals surface area contributed by atoms with Gasteiger partial charge in [-0.3, -0.25) is 4.79 Å². The Kier molecular flexibility index (Phi) is 2.80. The number of methoxy groups -OCH3 is 1. The summed E-state index contributed by atoms with van der Waals surface area (Å²) in [4.78, 5) is 15.8. The number of rotatable bonds is 3. The fraction of sp³-hybridized carbons (Fsp3) is 0.727. The van der Waals surface area contributed by atoms with Crippen molar-refractivity contribution in [2.24, 2.45) is 0 Å². The van der Waals surface area contributed by atoms with Crippen LogP contribution in [0.5, 0.6) is 0 Å². The first-order valence-electron chi connectivity index (χ1n) is 5.46. The molecular formula is C11H16N2O3. The minimum absolute atomic E-state index is 0.199. The van der Waals surface area contributed by atoms with Gasteiger partial charge in [0.05, 0.1) is 5.92 Å². The first kappa shape index (κ1) is 11.3. The third-order valence-electron chi connectivity index (χ3n) is 3.09. The zero-order chi connectivity index (χ0) is 11.8. The van der Waals surface area contributed by atoms with Crippen LogP contribution in [0.25, 0.3) is 0 Å². The second-order valence-corrected chi connectivity index (χ2v) is 4.58. The average Bonchev–Trinajstić information content (AvgIpc) is 2.85. The van der Waals surface area contributed by atoms with Crippen LogP contribution in [-0.2, 0) is 15.1 Å². The van der Waals surface area contributed by atoms with Crippen molar-refractivity contribution in [3.05, 3.63) is 11.7 Å². The van der Waals surface area contributed by atoms with E-state index in [1.807, 2.05) is 13.8 Å². The molecule has 2 rings (SSSR count). The first-order chi connectivity index (χ1) is 7.54. The van der Waals surface area contributed by atoms with Gasteiger partial charge in [-0.25, -0.2) is 0 Å². The molecular weight excluding hydrogens is 208 g/mol. The molecule has 1 unspecified atom stereocenters. The van der Waals surface area contributed by atoms with E-state index >= 15 is 0 Å². The van der Waals surface area contributed by atoms with E-state index in [2.05, 4.69) is 10.1 Å². The summed E-state index contributed by atoms with van der Waals surface area (Å²) in [6, 6.07) is 0. The second-order valence-electron chi connectivity index (χ2n) is 4.58. The normalized spacial score (nSPS) is 21.7. The zero-order valence-corrected chi connectivity index (χ0v) is 9.82. The van der Waals surface area contributed by atoms with Crippen molar-refractivity contribution in [3.63, 3.8) is 0 Å². The van der Waals surface area contributed by atoms with Crippen molar-refractivity contribution >= 4 is 5.78 Å². The molecule has 0 aliphatic heterocycles. The number of nitrogens with zero attached hydrogens (tertiary/aromatic N) is 2. The molecule has 1 aromatic heterocycles. The van der Waals surface area contributed by atoms with E-state index in [4.69, 9.17) is 9.26 Å². The van der Waals surface area contributed by atoms with E-state index in [0.29, 0.717) is 18.1 Å². The molecule has 1 fully saturated rings. The topological polar surface area (TPSA) is 65.2 Å². The molecule has 0 bridgehead atoms. The van der Waals surface area contributed by atoms with E-state index in [1.54, 1.807) is 7.11 Å². The number of hydrogen-bond donors (Lipinski definition) is 0. The molecule has 16 heavy (non-hydrogen) atoms. The van der Waals surface area contributed by atoms with E-state index in [-0.39, 0.29) is 11.7 Å². The molecule has 0 aromatic carbocycles. The third-order valence-corrected chi connectivity index (χ3v) is 3.09. The lowest BCUT2D eigenvalue weighted by Crippen LogP contribution is -2.21. The highest BCUT2D eigenvalue weighted by Crippen LogP contribution is 2.31. The maximum absolute atomic E-state index is 11.5. The van der Waals surface area contributed by atoms with E-state index < -0.39 is 5.60 Å². The highest BCUT2D eigenvalue weighted by Gasteiger charge is 2.33. The summed E-state index contributed by atoms with van der Waals surface area (Å²) in [7, 11) is 1.59. The molecule has 1 saturated carbocycles. The molecule has 88 valence electrons. The summed E-state index contributed by atoms with van der Waals surface area (Å²) in [6.07, 6.45) is 2.35. The van der Waals surface area contributed by atoms with Crippen LogP contribution in [0.15, 0.2) is 4.52 Å². The molecule has 5 nitrogen and oxygen atoms in total. The van der Waals surface area contributed by atoms with Gasteiger partial charge in [-0.15, -0.1) is 0 Å². The van der Waals surface area contributed by atoms with Crippen molar-refractivity contribution in [1.82, 2.24) is 10.1 Å². The van der Waals surface area contributed by atoms with Crippen LogP contribution in [0.1, 0.15) is 50.7 Å². The Labute approximate surface area is 94.2 Å². The van der Waals surface area contributed by atoms with Crippen LogP contribution in [0, 0.1) is 0 Å². The smallest absolute Gasteiger partial charge is 0.237 e. The molecule has 0 N–H and O–H groups in total. The minimum atomic E-state index is -0.580. The zero-order valence-electron chi connectivity index (χ0n) is 9.82. The number of aromatic nitrogens is 2. The lowest BCUT2D eigenvalue weighted by Gasteiger charge is -2.17. The van der Waals surface area contributed by atoms with Crippen LogP contribution in [-0.4, -0.2) is 23.0 Å². The summed E-state index contributed by atoms with van der Waals surface area (Å²) in [5.74, 6) is 0.923. The molecule has 1 aliphatic carbocycles. The van der Waals surface area contributed by atoms with Crippen LogP contribution >= 0.6 is 0 Å². The Morgan fingerprint density at radius 1 is 1.50 bits per heavy atom. The average molecular weight is 224 g/mol. The molecule has 1 aromatic rings. The number of carbonyl (C=O) groups is 1. The highest BCUT2D eigenvalue weighted by atomic mass is 16.5. The summed E-state index contributed by atoms with van der Waals surface area (Å²) in [5.41, 5.74) is -0.580. The molecule has 1 aliphatic rings. The predicted octanol–water partition coefficient (Wildman–Crippen LogP) is 1.79. The van der Waals surface area contributed by atoms with Gasteiger partial charge in [0.15, 0.2) is 0 Å². The first-order valence-corrected chi connectivity index (χ1v) is 5.46. The van der Waals surface area contributed by atoms with Crippen molar-refractivity contribution in [3.8, 4) is 0 Å². The van der Waals surface area contributed by atoms with Crippen LogP contribution in [0.3, 0.4) is 0 Å². The minimum Gasteiger partial charge on any atom is -0.371 e. The lowest BCUT2D eigenvalue weighted by molar-refractivity contribution is -0.119. The largest absolute Gasteiger partial charge is 0.371 e. The molecule has 1 atom stereocenters. The van der Waals surface area contributed by atoms with Crippen molar-refractivity contribution in [1.29, 1.82) is 0 Å². The Morgan fingerprint density at radius 2 is 2.25 bits per heavy atom. The van der Waals surface area contributed by atoms with Gasteiger partial charge < -0.3 is 9.26 Å². The Bertz CT molecular complexity index is 398. The molecule has 1 heterocycles. The number of carbonyl (C=O) groups excluding carboxylic acids is 1. The fourth-order valence-corrected chi connectivity index (χ4v) is 1.79. The van der Waals surface area contributed by atoms with Gasteiger partial charge in [-0.1, -0.05) is 5.16 Å². The predicted molar refractivity (Wildman–Crippen MR) is 55.9 cm³/mol. The summed E-state index contributed by atoms with van der Waals surface area (Å²) >= 11 is 0. The van der Waals surface area contributed by atoms with Crippen LogP contribution < -0.4 is 0 Å². The van der Waals surface area contributed by atoms with Gasteiger partial charge >= 0.3 is 0 Å². The monoisotopic (exact) mass is 224 g/mol. The fourth-order valence-electron chi connectivity index (χ4n) is 1.79. The van der Waals surface area contributed by atoms with Gasteiger partial charge in [0, 0.05) is 13.5 Å². The number of ether oxygens (including phenoxy) is 1.